The SMILES string of the molecule is NCCn1nnnc1SCc1cnn(-c2ccccc2)c1. The standard InChI is InChI=1S/C13H15N7S/c14-6-7-19-13(16-17-18-19)21-10-11-8-15-20(9-11)12-4-2-1-3-5-12/h1-5,8-9H,6-7,10,14H2. The van der Waals surface area contributed by atoms with Gasteiger partial charge in [0.2, 0.25) is 5.16 Å². The molecule has 2 heterocycles. The maximum atomic E-state index is 5.52. The summed E-state index contributed by atoms with van der Waals surface area (Å²) in [7, 11) is 0. The summed E-state index contributed by atoms with van der Waals surface area (Å²) in [6.07, 6.45) is 3.87. The first-order valence-corrected chi connectivity index (χ1v) is 7.53. The lowest BCUT2D eigenvalue weighted by atomic mass is 10.3. The monoisotopic (exact) mass is 301 g/mol. The van der Waals surface area contributed by atoms with Crippen LogP contribution < -0.4 is 5.73 Å². The topological polar surface area (TPSA) is 87.4 Å². The summed E-state index contributed by atoms with van der Waals surface area (Å²) < 4.78 is 3.57. The Morgan fingerprint density at radius 3 is 2.86 bits per heavy atom. The highest BCUT2D eigenvalue weighted by molar-refractivity contribution is 7.98. The normalized spacial score (nSPS) is 10.9. The number of para-hydroxylation sites is 1. The Kier molecular flexibility index (Phi) is 4.27. The van der Waals surface area contributed by atoms with Crippen LogP contribution in [0, 0.1) is 0 Å². The van der Waals surface area contributed by atoms with Crippen LogP contribution in [0.25, 0.3) is 5.69 Å². The van der Waals surface area contributed by atoms with Crippen molar-refractivity contribution in [3.63, 3.8) is 0 Å². The fraction of sp³-hybridized carbons (Fsp3) is 0.231. The minimum atomic E-state index is 0.518. The Morgan fingerprint density at radius 1 is 1.19 bits per heavy atom. The van der Waals surface area contributed by atoms with Crippen molar-refractivity contribution >= 4 is 11.8 Å². The number of thioether (sulfide) groups is 1. The molecule has 0 amide bonds. The van der Waals surface area contributed by atoms with Crippen molar-refractivity contribution in [3.8, 4) is 5.69 Å². The molecule has 0 aliphatic heterocycles. The Labute approximate surface area is 126 Å². The first-order valence-electron chi connectivity index (χ1n) is 6.55. The van der Waals surface area contributed by atoms with Crippen LogP contribution in [0.4, 0.5) is 0 Å². The van der Waals surface area contributed by atoms with Crippen molar-refractivity contribution in [1.82, 2.24) is 30.0 Å². The quantitative estimate of drug-likeness (QED) is 0.686. The number of hydrogen-bond donors (Lipinski definition) is 1. The first kappa shape index (κ1) is 13.8. The number of rotatable bonds is 6. The number of benzene rings is 1. The maximum Gasteiger partial charge on any atom is 0.209 e. The fourth-order valence-electron chi connectivity index (χ4n) is 1.87. The highest BCUT2D eigenvalue weighted by atomic mass is 32.2. The molecule has 7 nitrogen and oxygen atoms in total. The van der Waals surface area contributed by atoms with Crippen molar-refractivity contribution in [1.29, 1.82) is 0 Å². The molecule has 0 aliphatic carbocycles. The molecule has 2 aromatic heterocycles. The Balaban J connectivity index is 1.66. The maximum absolute atomic E-state index is 5.52. The van der Waals surface area contributed by atoms with Gasteiger partial charge in [-0.3, -0.25) is 0 Å². The molecule has 3 aromatic rings. The van der Waals surface area contributed by atoms with Gasteiger partial charge in [0.15, 0.2) is 0 Å². The van der Waals surface area contributed by atoms with Gasteiger partial charge in [-0.05, 0) is 22.6 Å². The van der Waals surface area contributed by atoms with E-state index < -0.39 is 0 Å². The van der Waals surface area contributed by atoms with Crippen LogP contribution in [0.3, 0.4) is 0 Å². The average molecular weight is 301 g/mol. The van der Waals surface area contributed by atoms with Gasteiger partial charge in [0, 0.05) is 24.1 Å². The minimum Gasteiger partial charge on any atom is -0.329 e. The zero-order chi connectivity index (χ0) is 14.5. The Hall–Kier alpha value is -2.19. The lowest BCUT2D eigenvalue weighted by Crippen LogP contribution is -2.12. The Bertz CT molecular complexity index is 691. The summed E-state index contributed by atoms with van der Waals surface area (Å²) in [5.74, 6) is 0.762. The van der Waals surface area contributed by atoms with E-state index in [4.69, 9.17) is 5.73 Å². The van der Waals surface area contributed by atoms with Gasteiger partial charge in [-0.2, -0.15) is 5.10 Å². The molecule has 0 unspecified atom stereocenters. The molecule has 21 heavy (non-hydrogen) atoms. The highest BCUT2D eigenvalue weighted by Gasteiger charge is 2.07. The first-order chi connectivity index (χ1) is 10.4. The van der Waals surface area contributed by atoms with E-state index >= 15 is 0 Å². The second-order valence-corrected chi connectivity index (χ2v) is 5.33. The lowest BCUT2D eigenvalue weighted by molar-refractivity contribution is 0.557. The predicted molar refractivity (Wildman–Crippen MR) is 80.0 cm³/mol. The molecular weight excluding hydrogens is 286 g/mol. The van der Waals surface area contributed by atoms with Crippen LogP contribution in [0.5, 0.6) is 0 Å². The third-order valence-corrected chi connectivity index (χ3v) is 3.89. The van der Waals surface area contributed by atoms with Gasteiger partial charge in [-0.15, -0.1) is 5.10 Å². The molecule has 0 bridgehead atoms. The summed E-state index contributed by atoms with van der Waals surface area (Å²) in [5, 5.41) is 16.7. The van der Waals surface area contributed by atoms with Crippen LogP contribution >= 0.6 is 11.8 Å². The molecule has 0 radical (unpaired) electrons. The molecule has 0 atom stereocenters. The third kappa shape index (κ3) is 3.29. The van der Waals surface area contributed by atoms with E-state index in [1.54, 1.807) is 16.4 Å². The number of aromatic nitrogens is 6. The number of hydrogen-bond acceptors (Lipinski definition) is 6. The van der Waals surface area contributed by atoms with Gasteiger partial charge >= 0.3 is 0 Å². The van der Waals surface area contributed by atoms with Gasteiger partial charge in [0.25, 0.3) is 0 Å². The molecule has 1 aromatic carbocycles. The summed E-state index contributed by atoms with van der Waals surface area (Å²) in [4.78, 5) is 0. The van der Waals surface area contributed by atoms with Gasteiger partial charge in [-0.1, -0.05) is 30.0 Å². The molecule has 3 rings (SSSR count). The van der Waals surface area contributed by atoms with Crippen LogP contribution in [-0.2, 0) is 12.3 Å². The molecule has 8 heteroatoms. The highest BCUT2D eigenvalue weighted by Crippen LogP contribution is 2.20. The Morgan fingerprint density at radius 2 is 2.05 bits per heavy atom. The predicted octanol–water partition coefficient (Wildman–Crippen LogP) is 1.11. The van der Waals surface area contributed by atoms with Crippen molar-refractivity contribution in [2.75, 3.05) is 6.54 Å². The van der Waals surface area contributed by atoms with Crippen molar-refractivity contribution < 1.29 is 0 Å². The van der Waals surface area contributed by atoms with E-state index in [9.17, 15) is 0 Å². The van der Waals surface area contributed by atoms with Gasteiger partial charge in [0.05, 0.1) is 18.4 Å². The molecule has 108 valence electrons. The average Bonchev–Trinajstić information content (AvgIpc) is 3.16. The lowest BCUT2D eigenvalue weighted by Gasteiger charge is -2.01. The summed E-state index contributed by atoms with van der Waals surface area (Å²) >= 11 is 1.57. The second-order valence-electron chi connectivity index (χ2n) is 4.39. The van der Waals surface area contributed by atoms with Gasteiger partial charge in [0.1, 0.15) is 0 Å². The van der Waals surface area contributed by atoms with E-state index in [1.807, 2.05) is 47.4 Å². The van der Waals surface area contributed by atoms with Crippen LogP contribution in [0.2, 0.25) is 0 Å². The van der Waals surface area contributed by atoms with E-state index in [-0.39, 0.29) is 0 Å². The fourth-order valence-corrected chi connectivity index (χ4v) is 2.68. The van der Waals surface area contributed by atoms with E-state index in [0.717, 1.165) is 22.2 Å². The van der Waals surface area contributed by atoms with Crippen LogP contribution in [0.15, 0.2) is 47.9 Å². The zero-order valence-electron chi connectivity index (χ0n) is 11.3. The van der Waals surface area contributed by atoms with Crippen LogP contribution in [0.1, 0.15) is 5.56 Å². The third-order valence-electron chi connectivity index (χ3n) is 2.86. The number of nitrogens with two attached hydrogens (primary N) is 1. The van der Waals surface area contributed by atoms with E-state index in [0.29, 0.717) is 13.1 Å². The molecule has 0 aliphatic rings. The van der Waals surface area contributed by atoms with E-state index in [1.165, 1.54) is 0 Å². The zero-order valence-corrected chi connectivity index (χ0v) is 12.1. The van der Waals surface area contributed by atoms with Crippen LogP contribution in [-0.4, -0.2) is 36.5 Å². The molecule has 2 N–H and O–H groups in total. The minimum absolute atomic E-state index is 0.518. The number of tetrazole rings is 1. The summed E-state index contributed by atoms with van der Waals surface area (Å²) in [5.41, 5.74) is 7.68. The molecule has 0 saturated carbocycles. The van der Waals surface area contributed by atoms with Gasteiger partial charge in [-0.25, -0.2) is 9.36 Å². The number of nitrogens with zero attached hydrogens (tertiary/aromatic N) is 6. The molecule has 0 fully saturated rings. The molecular formula is C13H15N7S. The second kappa shape index (κ2) is 6.51. The van der Waals surface area contributed by atoms with E-state index in [2.05, 4.69) is 20.6 Å². The summed E-state index contributed by atoms with van der Waals surface area (Å²) in [6.45, 7) is 1.14. The van der Waals surface area contributed by atoms with Crippen molar-refractivity contribution in [2.45, 2.75) is 17.5 Å². The van der Waals surface area contributed by atoms with Crippen molar-refractivity contribution in [2.24, 2.45) is 5.73 Å². The smallest absolute Gasteiger partial charge is 0.209 e. The summed E-state index contributed by atoms with van der Waals surface area (Å²) in [6, 6.07) is 10.0. The largest absolute Gasteiger partial charge is 0.329 e. The van der Waals surface area contributed by atoms with Crippen molar-refractivity contribution in [3.05, 3.63) is 48.3 Å². The molecule has 0 spiro atoms. The molecule has 0 saturated heterocycles. The van der Waals surface area contributed by atoms with Gasteiger partial charge < -0.3 is 5.73 Å².